The molecule has 0 radical (unpaired) electrons. The summed E-state index contributed by atoms with van der Waals surface area (Å²) < 4.78 is 4.93. The van der Waals surface area contributed by atoms with Gasteiger partial charge in [0.15, 0.2) is 0 Å². The van der Waals surface area contributed by atoms with Crippen molar-refractivity contribution in [2.75, 3.05) is 25.6 Å². The highest BCUT2D eigenvalue weighted by atomic mass is 32.1. The maximum Gasteiger partial charge on any atom is 0.261 e. The summed E-state index contributed by atoms with van der Waals surface area (Å²) in [5.41, 5.74) is 0.799. The number of methoxy groups -OCH3 is 1. The van der Waals surface area contributed by atoms with E-state index in [0.717, 1.165) is 16.3 Å². The summed E-state index contributed by atoms with van der Waals surface area (Å²) in [7, 11) is 1.50. The SMILES string of the molecule is COCCN1C(=O)c2ccc(C(=O)Nc3nnc(CC(C)C)s3)cc2C1=O. The van der Waals surface area contributed by atoms with Gasteiger partial charge < -0.3 is 4.74 Å². The number of anilines is 1. The van der Waals surface area contributed by atoms with Crippen molar-refractivity contribution < 1.29 is 19.1 Å². The molecule has 3 rings (SSSR count). The van der Waals surface area contributed by atoms with Crippen molar-refractivity contribution in [3.8, 4) is 0 Å². The van der Waals surface area contributed by atoms with Gasteiger partial charge in [-0.05, 0) is 24.1 Å². The minimum atomic E-state index is -0.420. The Kier molecular flexibility index (Phi) is 5.62. The molecule has 0 saturated carbocycles. The molecule has 0 unspecified atom stereocenters. The third-order valence-electron chi connectivity index (χ3n) is 4.02. The first-order valence-electron chi connectivity index (χ1n) is 8.53. The van der Waals surface area contributed by atoms with Gasteiger partial charge in [-0.3, -0.25) is 24.6 Å². The van der Waals surface area contributed by atoms with Crippen molar-refractivity contribution in [2.45, 2.75) is 20.3 Å². The van der Waals surface area contributed by atoms with E-state index in [0.29, 0.717) is 16.6 Å². The number of fused-ring (bicyclic) bond motifs is 1. The highest BCUT2D eigenvalue weighted by molar-refractivity contribution is 7.15. The Labute approximate surface area is 160 Å². The highest BCUT2D eigenvalue weighted by Gasteiger charge is 2.35. The van der Waals surface area contributed by atoms with Crippen LogP contribution in [0.15, 0.2) is 18.2 Å². The Morgan fingerprint density at radius 2 is 1.96 bits per heavy atom. The fourth-order valence-corrected chi connectivity index (χ4v) is 3.67. The van der Waals surface area contributed by atoms with E-state index in [1.54, 1.807) is 0 Å². The average molecular weight is 388 g/mol. The predicted molar refractivity (Wildman–Crippen MR) is 100 cm³/mol. The van der Waals surface area contributed by atoms with Gasteiger partial charge in [0.05, 0.1) is 24.3 Å². The molecule has 0 aliphatic carbocycles. The van der Waals surface area contributed by atoms with E-state index in [1.165, 1.54) is 36.6 Å². The normalized spacial score (nSPS) is 13.4. The first-order valence-corrected chi connectivity index (χ1v) is 9.35. The number of imide groups is 1. The molecular weight excluding hydrogens is 368 g/mol. The molecule has 9 heteroatoms. The summed E-state index contributed by atoms with van der Waals surface area (Å²) in [6, 6.07) is 4.46. The fraction of sp³-hybridized carbons (Fsp3) is 0.389. The van der Waals surface area contributed by atoms with E-state index < -0.39 is 11.8 Å². The Balaban J connectivity index is 1.75. The van der Waals surface area contributed by atoms with Crippen LogP contribution in [0.25, 0.3) is 0 Å². The Morgan fingerprint density at radius 1 is 1.22 bits per heavy atom. The monoisotopic (exact) mass is 388 g/mol. The van der Waals surface area contributed by atoms with E-state index >= 15 is 0 Å². The molecule has 1 aliphatic rings. The van der Waals surface area contributed by atoms with Crippen LogP contribution in [0.2, 0.25) is 0 Å². The molecule has 2 heterocycles. The van der Waals surface area contributed by atoms with E-state index in [1.807, 2.05) is 0 Å². The number of hydrogen-bond acceptors (Lipinski definition) is 7. The number of carbonyl (C=O) groups is 3. The molecule has 0 bridgehead atoms. The summed E-state index contributed by atoms with van der Waals surface area (Å²) in [6.45, 7) is 4.60. The van der Waals surface area contributed by atoms with Crippen LogP contribution in [-0.2, 0) is 11.2 Å². The topological polar surface area (TPSA) is 101 Å². The quantitative estimate of drug-likeness (QED) is 0.730. The molecule has 0 fully saturated rings. The van der Waals surface area contributed by atoms with Crippen LogP contribution < -0.4 is 5.32 Å². The summed E-state index contributed by atoms with van der Waals surface area (Å²) in [6.07, 6.45) is 0.792. The number of nitrogens with one attached hydrogen (secondary N) is 1. The van der Waals surface area contributed by atoms with Crippen LogP contribution in [0.5, 0.6) is 0 Å². The van der Waals surface area contributed by atoms with Crippen molar-refractivity contribution in [3.63, 3.8) is 0 Å². The molecule has 1 aromatic heterocycles. The maximum absolute atomic E-state index is 12.5. The second-order valence-electron chi connectivity index (χ2n) is 6.57. The molecular formula is C18H20N4O4S. The van der Waals surface area contributed by atoms with E-state index in [2.05, 4.69) is 29.4 Å². The second kappa shape index (κ2) is 7.93. The summed E-state index contributed by atoms with van der Waals surface area (Å²) >= 11 is 1.32. The van der Waals surface area contributed by atoms with E-state index in [9.17, 15) is 14.4 Å². The predicted octanol–water partition coefficient (Wildman–Crippen LogP) is 2.23. The molecule has 1 aliphatic heterocycles. The Bertz CT molecular complexity index is 893. The van der Waals surface area contributed by atoms with Crippen LogP contribution >= 0.6 is 11.3 Å². The van der Waals surface area contributed by atoms with Gasteiger partial charge in [-0.25, -0.2) is 0 Å². The molecule has 2 aromatic rings. The molecule has 8 nitrogen and oxygen atoms in total. The number of nitrogens with zero attached hydrogens (tertiary/aromatic N) is 3. The molecule has 0 spiro atoms. The lowest BCUT2D eigenvalue weighted by Crippen LogP contribution is -2.32. The smallest absolute Gasteiger partial charge is 0.261 e. The molecule has 1 aromatic carbocycles. The first kappa shape index (κ1) is 19.1. The number of carbonyl (C=O) groups excluding carboxylic acids is 3. The van der Waals surface area contributed by atoms with Gasteiger partial charge in [0.1, 0.15) is 5.01 Å². The Morgan fingerprint density at radius 3 is 2.67 bits per heavy atom. The number of amides is 3. The summed E-state index contributed by atoms with van der Waals surface area (Å²) in [4.78, 5) is 38.4. The number of hydrogen-bond donors (Lipinski definition) is 1. The van der Waals surface area contributed by atoms with E-state index in [-0.39, 0.29) is 30.2 Å². The van der Waals surface area contributed by atoms with Crippen molar-refractivity contribution in [3.05, 3.63) is 39.9 Å². The van der Waals surface area contributed by atoms with Gasteiger partial charge in [-0.2, -0.15) is 0 Å². The zero-order valence-corrected chi connectivity index (χ0v) is 16.1. The van der Waals surface area contributed by atoms with Gasteiger partial charge in [0.2, 0.25) is 5.13 Å². The van der Waals surface area contributed by atoms with Gasteiger partial charge in [-0.15, -0.1) is 10.2 Å². The molecule has 142 valence electrons. The molecule has 0 saturated heterocycles. The number of benzene rings is 1. The van der Waals surface area contributed by atoms with Crippen molar-refractivity contribution in [1.82, 2.24) is 15.1 Å². The average Bonchev–Trinajstić information content (AvgIpc) is 3.15. The maximum atomic E-state index is 12.5. The number of rotatable bonds is 7. The van der Waals surface area contributed by atoms with Crippen molar-refractivity contribution >= 4 is 34.2 Å². The largest absolute Gasteiger partial charge is 0.383 e. The van der Waals surface area contributed by atoms with Crippen LogP contribution in [-0.4, -0.2) is 53.1 Å². The minimum absolute atomic E-state index is 0.174. The van der Waals surface area contributed by atoms with Gasteiger partial charge in [0.25, 0.3) is 17.7 Å². The Hall–Kier alpha value is -2.65. The number of aromatic nitrogens is 2. The molecule has 0 atom stereocenters. The lowest BCUT2D eigenvalue weighted by atomic mass is 10.1. The summed E-state index contributed by atoms with van der Waals surface area (Å²) in [5, 5.41) is 12.0. The van der Waals surface area contributed by atoms with Gasteiger partial charge in [0, 0.05) is 19.1 Å². The highest BCUT2D eigenvalue weighted by Crippen LogP contribution is 2.25. The third kappa shape index (κ3) is 4.04. The van der Waals surface area contributed by atoms with Crippen LogP contribution in [0.1, 0.15) is 49.9 Å². The lowest BCUT2D eigenvalue weighted by Gasteiger charge is -2.12. The van der Waals surface area contributed by atoms with Crippen LogP contribution in [0.4, 0.5) is 5.13 Å². The standard InChI is InChI=1S/C18H20N4O4S/c1-10(2)8-14-20-21-18(27-14)19-15(23)11-4-5-12-13(9-11)17(25)22(16(12)24)6-7-26-3/h4-5,9-10H,6-8H2,1-3H3,(H,19,21,23). The second-order valence-corrected chi connectivity index (χ2v) is 7.63. The van der Waals surface area contributed by atoms with Crippen molar-refractivity contribution in [2.24, 2.45) is 5.92 Å². The first-order chi connectivity index (χ1) is 12.9. The molecule has 27 heavy (non-hydrogen) atoms. The molecule has 3 amide bonds. The van der Waals surface area contributed by atoms with Crippen LogP contribution in [0.3, 0.4) is 0 Å². The van der Waals surface area contributed by atoms with Crippen LogP contribution in [0, 0.1) is 5.92 Å². The molecule has 1 N–H and O–H groups in total. The summed E-state index contributed by atoms with van der Waals surface area (Å²) in [5.74, 6) is -0.748. The van der Waals surface area contributed by atoms with Crippen molar-refractivity contribution in [1.29, 1.82) is 0 Å². The van der Waals surface area contributed by atoms with E-state index in [4.69, 9.17) is 4.74 Å². The fourth-order valence-electron chi connectivity index (χ4n) is 2.72. The zero-order valence-electron chi connectivity index (χ0n) is 15.3. The van der Waals surface area contributed by atoms with Gasteiger partial charge in [-0.1, -0.05) is 25.2 Å². The minimum Gasteiger partial charge on any atom is -0.383 e. The zero-order chi connectivity index (χ0) is 19.6. The van der Waals surface area contributed by atoms with Gasteiger partial charge >= 0.3 is 0 Å². The lowest BCUT2D eigenvalue weighted by molar-refractivity contribution is 0.0603. The third-order valence-corrected chi connectivity index (χ3v) is 4.88. The number of ether oxygens (including phenoxy) is 1.